The Bertz CT molecular complexity index is 509. The van der Waals surface area contributed by atoms with Crippen molar-refractivity contribution in [2.45, 2.75) is 20.3 Å². The van der Waals surface area contributed by atoms with E-state index in [2.05, 4.69) is 0 Å². The Hall–Kier alpha value is -1.80. The highest BCUT2D eigenvalue weighted by molar-refractivity contribution is 5.97. The molecular weight excluding hydrogens is 262 g/mol. The largest absolute Gasteiger partial charge is 0.295 e. The lowest BCUT2D eigenvalue weighted by Gasteiger charge is -2.22. The van der Waals surface area contributed by atoms with E-state index >= 15 is 0 Å². The Kier molecular flexibility index (Phi) is 6.26. The number of nitriles is 1. The fraction of sp³-hybridized carbons (Fsp3) is 0.467. The second-order valence-electron chi connectivity index (χ2n) is 5.08. The van der Waals surface area contributed by atoms with Crippen LogP contribution in [0.25, 0.3) is 0 Å². The van der Waals surface area contributed by atoms with Crippen molar-refractivity contribution in [1.29, 1.82) is 5.26 Å². The van der Waals surface area contributed by atoms with Crippen LogP contribution >= 0.6 is 0 Å². The molecule has 0 atom stereocenters. The molecule has 0 aromatic heterocycles. The maximum Gasteiger partial charge on any atom is 0.179 e. The van der Waals surface area contributed by atoms with Gasteiger partial charge in [-0.1, -0.05) is 13.8 Å². The van der Waals surface area contributed by atoms with Crippen LogP contribution in [0.2, 0.25) is 0 Å². The first-order valence-corrected chi connectivity index (χ1v) is 6.51. The van der Waals surface area contributed by atoms with Crippen molar-refractivity contribution in [2.75, 3.05) is 19.6 Å². The molecule has 3 nitrogen and oxygen atoms in total. The molecule has 0 aliphatic carbocycles. The molecule has 0 saturated carbocycles. The Morgan fingerprint density at radius 2 is 2.10 bits per heavy atom. The fourth-order valence-corrected chi connectivity index (χ4v) is 1.96. The number of hydrogen-bond donors (Lipinski definition) is 0. The van der Waals surface area contributed by atoms with Gasteiger partial charge in [0.25, 0.3) is 0 Å². The van der Waals surface area contributed by atoms with Crippen LogP contribution in [0.1, 0.15) is 30.6 Å². The van der Waals surface area contributed by atoms with Crippen molar-refractivity contribution < 1.29 is 13.6 Å². The minimum absolute atomic E-state index is 0.0137. The van der Waals surface area contributed by atoms with E-state index in [1.807, 2.05) is 19.9 Å². The number of nitrogens with zero attached hydrogens (tertiary/aromatic N) is 2. The van der Waals surface area contributed by atoms with Gasteiger partial charge in [0.05, 0.1) is 18.2 Å². The fourth-order valence-electron chi connectivity index (χ4n) is 1.96. The molecule has 1 aromatic rings. The minimum Gasteiger partial charge on any atom is -0.295 e. The molecule has 0 aliphatic heterocycles. The Labute approximate surface area is 117 Å². The van der Waals surface area contributed by atoms with Gasteiger partial charge < -0.3 is 0 Å². The topological polar surface area (TPSA) is 44.1 Å². The summed E-state index contributed by atoms with van der Waals surface area (Å²) >= 11 is 0. The van der Waals surface area contributed by atoms with E-state index in [0.29, 0.717) is 25.4 Å². The third-order valence-electron chi connectivity index (χ3n) is 2.76. The predicted molar refractivity (Wildman–Crippen MR) is 72.2 cm³/mol. The van der Waals surface area contributed by atoms with Crippen LogP contribution in [0, 0.1) is 28.9 Å². The highest BCUT2D eigenvalue weighted by atomic mass is 19.1. The monoisotopic (exact) mass is 280 g/mol. The van der Waals surface area contributed by atoms with Gasteiger partial charge in [-0.3, -0.25) is 9.69 Å². The highest BCUT2D eigenvalue weighted by Crippen LogP contribution is 2.12. The summed E-state index contributed by atoms with van der Waals surface area (Å²) in [7, 11) is 0. The summed E-state index contributed by atoms with van der Waals surface area (Å²) < 4.78 is 26.6. The summed E-state index contributed by atoms with van der Waals surface area (Å²) in [5.41, 5.74) is -0.240. The van der Waals surface area contributed by atoms with Crippen molar-refractivity contribution in [2.24, 2.45) is 5.92 Å². The second kappa shape index (κ2) is 7.71. The summed E-state index contributed by atoms with van der Waals surface area (Å²) in [6, 6.07) is 4.86. The molecule has 0 radical (unpaired) electrons. The second-order valence-corrected chi connectivity index (χ2v) is 5.08. The zero-order valence-electron chi connectivity index (χ0n) is 11.7. The van der Waals surface area contributed by atoms with Crippen LogP contribution < -0.4 is 0 Å². The van der Waals surface area contributed by atoms with Crippen LogP contribution in [-0.4, -0.2) is 30.3 Å². The SMILES string of the molecule is CC(C)CN(CCC#N)CC(=O)c1cc(F)ccc1F. The molecule has 0 fully saturated rings. The molecule has 5 heteroatoms. The number of benzene rings is 1. The minimum atomic E-state index is -0.721. The zero-order valence-corrected chi connectivity index (χ0v) is 11.7. The third kappa shape index (κ3) is 5.06. The smallest absolute Gasteiger partial charge is 0.179 e. The van der Waals surface area contributed by atoms with E-state index < -0.39 is 17.4 Å². The van der Waals surface area contributed by atoms with Gasteiger partial charge in [0.15, 0.2) is 5.78 Å². The van der Waals surface area contributed by atoms with Gasteiger partial charge in [0, 0.05) is 19.5 Å². The van der Waals surface area contributed by atoms with Crippen LogP contribution in [-0.2, 0) is 0 Å². The number of carbonyl (C=O) groups excluding carboxylic acids is 1. The molecule has 0 amide bonds. The predicted octanol–water partition coefficient (Wildman–Crippen LogP) is 3.02. The molecule has 0 N–H and O–H groups in total. The molecule has 0 unspecified atom stereocenters. The van der Waals surface area contributed by atoms with E-state index in [9.17, 15) is 13.6 Å². The summed E-state index contributed by atoms with van der Waals surface area (Å²) in [6.45, 7) is 5.04. The Balaban J connectivity index is 2.79. The summed E-state index contributed by atoms with van der Waals surface area (Å²) in [5, 5.41) is 8.61. The van der Waals surface area contributed by atoms with Gasteiger partial charge in [-0.2, -0.15) is 5.26 Å². The van der Waals surface area contributed by atoms with Gasteiger partial charge in [-0.25, -0.2) is 8.78 Å². The maximum absolute atomic E-state index is 13.5. The van der Waals surface area contributed by atoms with Crippen molar-refractivity contribution >= 4 is 5.78 Å². The van der Waals surface area contributed by atoms with Crippen molar-refractivity contribution in [3.8, 4) is 6.07 Å². The maximum atomic E-state index is 13.5. The quantitative estimate of drug-likeness (QED) is 0.721. The van der Waals surface area contributed by atoms with Crippen molar-refractivity contribution in [3.05, 3.63) is 35.4 Å². The molecule has 0 spiro atoms. The first-order chi connectivity index (χ1) is 9.43. The molecule has 0 saturated heterocycles. The number of rotatable bonds is 7. The first-order valence-electron chi connectivity index (χ1n) is 6.51. The lowest BCUT2D eigenvalue weighted by molar-refractivity contribution is 0.0919. The van der Waals surface area contributed by atoms with Crippen LogP contribution in [0.4, 0.5) is 8.78 Å². The molecule has 1 aromatic carbocycles. The third-order valence-corrected chi connectivity index (χ3v) is 2.76. The van der Waals surface area contributed by atoms with E-state index in [0.717, 1.165) is 18.2 Å². The van der Waals surface area contributed by atoms with Crippen molar-refractivity contribution in [3.63, 3.8) is 0 Å². The lowest BCUT2D eigenvalue weighted by atomic mass is 10.1. The molecule has 0 aliphatic rings. The standard InChI is InChI=1S/C15H18F2N2O/c1-11(2)9-19(7-3-6-18)10-15(20)13-8-12(16)4-5-14(13)17/h4-5,8,11H,3,7,9-10H2,1-2H3. The normalized spacial score (nSPS) is 10.8. The number of Topliss-reactive ketones (excluding diaryl/α,β-unsaturated/α-hetero) is 1. The van der Waals surface area contributed by atoms with Gasteiger partial charge in [-0.15, -0.1) is 0 Å². The highest BCUT2D eigenvalue weighted by Gasteiger charge is 2.17. The van der Waals surface area contributed by atoms with Gasteiger partial charge in [0.1, 0.15) is 11.6 Å². The molecule has 108 valence electrons. The number of halogens is 2. The van der Waals surface area contributed by atoms with Gasteiger partial charge >= 0.3 is 0 Å². The Morgan fingerprint density at radius 1 is 1.40 bits per heavy atom. The zero-order chi connectivity index (χ0) is 15.1. The van der Waals surface area contributed by atoms with Crippen LogP contribution in [0.5, 0.6) is 0 Å². The van der Waals surface area contributed by atoms with E-state index in [4.69, 9.17) is 5.26 Å². The molecule has 20 heavy (non-hydrogen) atoms. The lowest BCUT2D eigenvalue weighted by Crippen LogP contribution is -2.34. The van der Waals surface area contributed by atoms with Gasteiger partial charge in [-0.05, 0) is 24.1 Å². The molecule has 0 bridgehead atoms. The number of carbonyl (C=O) groups is 1. The van der Waals surface area contributed by atoms with Crippen LogP contribution in [0.3, 0.4) is 0 Å². The van der Waals surface area contributed by atoms with Gasteiger partial charge in [0.2, 0.25) is 0 Å². The molecule has 1 rings (SSSR count). The molecular formula is C15H18F2N2O. The average molecular weight is 280 g/mol. The number of ketones is 1. The summed E-state index contributed by atoms with van der Waals surface area (Å²) in [4.78, 5) is 13.8. The van der Waals surface area contributed by atoms with Crippen LogP contribution in [0.15, 0.2) is 18.2 Å². The van der Waals surface area contributed by atoms with E-state index in [1.165, 1.54) is 0 Å². The van der Waals surface area contributed by atoms with Crippen molar-refractivity contribution in [1.82, 2.24) is 4.90 Å². The average Bonchev–Trinajstić information content (AvgIpc) is 2.38. The van der Waals surface area contributed by atoms with E-state index in [-0.39, 0.29) is 12.1 Å². The molecule has 0 heterocycles. The summed E-state index contributed by atoms with van der Waals surface area (Å²) in [5.74, 6) is -1.51. The van der Waals surface area contributed by atoms with E-state index in [1.54, 1.807) is 4.90 Å². The summed E-state index contributed by atoms with van der Waals surface area (Å²) in [6.07, 6.45) is 0.297. The number of hydrogen-bond acceptors (Lipinski definition) is 3. The first kappa shape index (κ1) is 16.3. The Morgan fingerprint density at radius 3 is 2.70 bits per heavy atom.